The second kappa shape index (κ2) is 2.22. The van der Waals surface area contributed by atoms with Gasteiger partial charge in [0.05, 0.1) is 6.10 Å². The van der Waals surface area contributed by atoms with Crippen molar-refractivity contribution >= 4 is 5.78 Å². The molecule has 0 radical (unpaired) electrons. The highest BCUT2D eigenvalue weighted by atomic mass is 16.5. The Morgan fingerprint density at radius 3 is 2.07 bits per heavy atom. The molecule has 0 unspecified atom stereocenters. The van der Waals surface area contributed by atoms with Crippen LogP contribution in [0.5, 0.6) is 0 Å². The van der Waals surface area contributed by atoms with Crippen LogP contribution < -0.4 is 0 Å². The first-order valence-electron chi connectivity index (χ1n) is 5.14. The van der Waals surface area contributed by atoms with Gasteiger partial charge in [-0.05, 0) is 20.8 Å². The van der Waals surface area contributed by atoms with Gasteiger partial charge in [0.15, 0.2) is 11.4 Å². The summed E-state index contributed by atoms with van der Waals surface area (Å²) in [5.74, 6) is -0.102. The average Bonchev–Trinajstić information content (AvgIpc) is 2.27. The van der Waals surface area contributed by atoms with Crippen molar-refractivity contribution in [2.24, 2.45) is 11.3 Å². The molecule has 1 saturated heterocycles. The van der Waals surface area contributed by atoms with Crippen LogP contribution in [0.15, 0.2) is 0 Å². The number of carbonyl (C=O) groups excluding carboxylic acids is 1. The Balaban J connectivity index is 2.65. The van der Waals surface area contributed by atoms with Gasteiger partial charge in [-0.3, -0.25) is 4.79 Å². The molecule has 0 aromatic heterocycles. The summed E-state index contributed by atoms with van der Waals surface area (Å²) in [7, 11) is 0. The summed E-state index contributed by atoms with van der Waals surface area (Å²) in [6.07, 6.45) is -0.0739. The summed E-state index contributed by atoms with van der Waals surface area (Å²) in [5, 5.41) is 10.5. The molecule has 2 bridgehead atoms. The molecule has 80 valence electrons. The van der Waals surface area contributed by atoms with Crippen LogP contribution in [0.4, 0.5) is 0 Å². The second-order valence-corrected chi connectivity index (χ2v) is 5.23. The predicted molar refractivity (Wildman–Crippen MR) is 51.9 cm³/mol. The van der Waals surface area contributed by atoms with Crippen molar-refractivity contribution in [3.05, 3.63) is 0 Å². The van der Waals surface area contributed by atoms with Crippen LogP contribution in [0.1, 0.15) is 34.6 Å². The molecule has 1 aliphatic carbocycles. The number of carbonyl (C=O) groups is 1. The highest BCUT2D eigenvalue weighted by Gasteiger charge is 2.77. The van der Waals surface area contributed by atoms with Crippen molar-refractivity contribution in [3.8, 4) is 0 Å². The van der Waals surface area contributed by atoms with Crippen molar-refractivity contribution in [1.82, 2.24) is 0 Å². The second-order valence-electron chi connectivity index (χ2n) is 5.23. The first-order chi connectivity index (χ1) is 6.19. The minimum atomic E-state index is -1.06. The fraction of sp³-hybridized carbons (Fsp3) is 0.909. The number of fused-ring (bicyclic) bond motifs is 2. The lowest BCUT2D eigenvalue weighted by Crippen LogP contribution is -2.50. The lowest BCUT2D eigenvalue weighted by atomic mass is 9.69. The number of hydrogen-bond donors (Lipinski definition) is 1. The molecular formula is C11H18O3. The SMILES string of the molecule is C[C@@H]1O[C@@]2(C)C(=O)[C@@H](C)[C@]1(C)[C@@]2(C)O. The standard InChI is InChI=1S/C11H18O3/c1-6-8(12)10(4)11(5,13)9(6,3)7(2)14-10/h6-7,13H,1-5H3/t6-,7+,9+,10+,11-/m1/s1. The van der Waals surface area contributed by atoms with Crippen LogP contribution >= 0.6 is 0 Å². The van der Waals surface area contributed by atoms with E-state index >= 15 is 0 Å². The van der Waals surface area contributed by atoms with Crippen LogP contribution in [0, 0.1) is 11.3 Å². The normalized spacial score (nSPS) is 62.3. The molecular weight excluding hydrogens is 180 g/mol. The van der Waals surface area contributed by atoms with Gasteiger partial charge in [-0.2, -0.15) is 0 Å². The maximum Gasteiger partial charge on any atom is 0.170 e. The van der Waals surface area contributed by atoms with E-state index in [1.54, 1.807) is 13.8 Å². The number of rotatable bonds is 0. The Bertz CT molecular complexity index is 310. The van der Waals surface area contributed by atoms with Gasteiger partial charge in [0.25, 0.3) is 0 Å². The molecule has 0 amide bonds. The molecule has 1 saturated carbocycles. The average molecular weight is 198 g/mol. The maximum atomic E-state index is 12.0. The smallest absolute Gasteiger partial charge is 0.170 e. The van der Waals surface area contributed by atoms with Crippen molar-refractivity contribution in [2.45, 2.75) is 51.9 Å². The van der Waals surface area contributed by atoms with Gasteiger partial charge in [0.2, 0.25) is 0 Å². The minimum absolute atomic E-state index is 0.0306. The zero-order chi connectivity index (χ0) is 10.9. The number of ketones is 1. The highest BCUT2D eigenvalue weighted by Crippen LogP contribution is 2.63. The summed E-state index contributed by atoms with van der Waals surface area (Å²) in [5.41, 5.74) is -2.53. The van der Waals surface area contributed by atoms with Crippen LogP contribution in [0.25, 0.3) is 0 Å². The van der Waals surface area contributed by atoms with Crippen molar-refractivity contribution in [2.75, 3.05) is 0 Å². The van der Waals surface area contributed by atoms with E-state index in [-0.39, 0.29) is 17.8 Å². The molecule has 3 nitrogen and oxygen atoms in total. The first-order valence-corrected chi connectivity index (χ1v) is 5.14. The van der Waals surface area contributed by atoms with Gasteiger partial charge in [-0.15, -0.1) is 0 Å². The molecule has 2 fully saturated rings. The van der Waals surface area contributed by atoms with Crippen LogP contribution in [0.2, 0.25) is 0 Å². The van der Waals surface area contributed by atoms with E-state index in [0.717, 1.165) is 0 Å². The van der Waals surface area contributed by atoms with Crippen molar-refractivity contribution < 1.29 is 14.6 Å². The molecule has 0 aromatic rings. The number of Topliss-reactive ketones (excluding diaryl/α,β-unsaturated/α-hetero) is 1. The first kappa shape index (κ1) is 10.1. The van der Waals surface area contributed by atoms with Crippen LogP contribution in [-0.2, 0) is 9.53 Å². The Labute approximate surface area is 84.4 Å². The van der Waals surface area contributed by atoms with Gasteiger partial charge in [-0.25, -0.2) is 0 Å². The zero-order valence-electron chi connectivity index (χ0n) is 9.42. The largest absolute Gasteiger partial charge is 0.386 e. The van der Waals surface area contributed by atoms with E-state index in [1.807, 2.05) is 20.8 Å². The van der Waals surface area contributed by atoms with Crippen molar-refractivity contribution in [1.29, 1.82) is 0 Å². The van der Waals surface area contributed by atoms with Gasteiger partial charge < -0.3 is 9.84 Å². The van der Waals surface area contributed by atoms with Crippen LogP contribution in [0.3, 0.4) is 0 Å². The highest BCUT2D eigenvalue weighted by molar-refractivity contribution is 5.95. The quantitative estimate of drug-likeness (QED) is 0.635. The molecule has 0 spiro atoms. The molecule has 0 aromatic carbocycles. The third-order valence-electron chi connectivity index (χ3n) is 5.00. The Hall–Kier alpha value is -0.410. The predicted octanol–water partition coefficient (Wildman–Crippen LogP) is 1.14. The molecule has 2 aliphatic rings. The monoisotopic (exact) mass is 198 g/mol. The summed E-state index contributed by atoms with van der Waals surface area (Å²) in [6, 6.07) is 0. The third-order valence-corrected chi connectivity index (χ3v) is 5.00. The van der Waals surface area contributed by atoms with E-state index in [0.29, 0.717) is 0 Å². The third kappa shape index (κ3) is 0.654. The minimum Gasteiger partial charge on any atom is -0.386 e. The van der Waals surface area contributed by atoms with E-state index < -0.39 is 16.6 Å². The topological polar surface area (TPSA) is 46.5 Å². The van der Waals surface area contributed by atoms with E-state index in [4.69, 9.17) is 4.74 Å². The maximum absolute atomic E-state index is 12.0. The fourth-order valence-corrected chi connectivity index (χ4v) is 3.26. The molecule has 3 heteroatoms. The Morgan fingerprint density at radius 2 is 1.79 bits per heavy atom. The van der Waals surface area contributed by atoms with Gasteiger partial charge >= 0.3 is 0 Å². The Kier molecular flexibility index (Phi) is 1.61. The summed E-state index contributed by atoms with van der Waals surface area (Å²) >= 11 is 0. The zero-order valence-corrected chi connectivity index (χ0v) is 9.42. The lowest BCUT2D eigenvalue weighted by molar-refractivity contribution is -0.158. The summed E-state index contributed by atoms with van der Waals surface area (Å²) in [4.78, 5) is 12.0. The lowest BCUT2D eigenvalue weighted by Gasteiger charge is -2.37. The number of ether oxygens (including phenoxy) is 1. The van der Waals surface area contributed by atoms with Gasteiger partial charge in [0, 0.05) is 11.3 Å². The molecule has 2 rings (SSSR count). The van der Waals surface area contributed by atoms with E-state index in [9.17, 15) is 9.90 Å². The fourth-order valence-electron chi connectivity index (χ4n) is 3.26. The van der Waals surface area contributed by atoms with Gasteiger partial charge in [0.1, 0.15) is 5.60 Å². The molecule has 5 atom stereocenters. The van der Waals surface area contributed by atoms with Gasteiger partial charge in [-0.1, -0.05) is 13.8 Å². The summed E-state index contributed by atoms with van der Waals surface area (Å²) in [6.45, 7) is 9.20. The number of aliphatic hydroxyl groups is 1. The van der Waals surface area contributed by atoms with Crippen LogP contribution in [-0.4, -0.2) is 28.2 Å². The van der Waals surface area contributed by atoms with E-state index in [2.05, 4.69) is 0 Å². The molecule has 14 heavy (non-hydrogen) atoms. The summed E-state index contributed by atoms with van der Waals surface area (Å²) < 4.78 is 5.65. The van der Waals surface area contributed by atoms with E-state index in [1.165, 1.54) is 0 Å². The molecule has 1 heterocycles. The molecule has 1 N–H and O–H groups in total. The Morgan fingerprint density at radius 1 is 1.29 bits per heavy atom. The number of hydrogen-bond acceptors (Lipinski definition) is 3. The van der Waals surface area contributed by atoms with Crippen molar-refractivity contribution in [3.63, 3.8) is 0 Å². The molecule has 1 aliphatic heterocycles.